The number of hydrogen-bond acceptors (Lipinski definition) is 6. The highest BCUT2D eigenvalue weighted by Gasteiger charge is 2.34. The van der Waals surface area contributed by atoms with Gasteiger partial charge in [-0.15, -0.1) is 0 Å². The first-order valence-electron chi connectivity index (χ1n) is 11.2. The van der Waals surface area contributed by atoms with E-state index < -0.39 is 12.0 Å². The van der Waals surface area contributed by atoms with E-state index >= 15 is 0 Å². The summed E-state index contributed by atoms with van der Waals surface area (Å²) in [6, 6.07) is 10.3. The molecule has 188 valence electrons. The van der Waals surface area contributed by atoms with E-state index in [9.17, 15) is 9.59 Å². The monoisotopic (exact) mass is 700 g/mol. The van der Waals surface area contributed by atoms with E-state index in [1.54, 1.807) is 19.9 Å². The van der Waals surface area contributed by atoms with Gasteiger partial charge in [0.1, 0.15) is 11.8 Å². The molecule has 6 nitrogen and oxygen atoms in total. The topological polar surface area (TPSA) is 69.9 Å². The predicted octanol–water partition coefficient (Wildman–Crippen LogP) is 5.61. The van der Waals surface area contributed by atoms with Gasteiger partial charge < -0.3 is 9.47 Å². The standard InChI is InChI=1S/C26H23BrClIN2O4S/c1-5-34-25(33)21-14(4)30-26-31(22(21)16-8-6-7-9-18(16)28)24(32)20(36-26)12-15-10-17(27)23(19(29)11-15)35-13(2)3/h6-13,22H,5H2,1-4H3/b20-12-/t22-/m0/s1. The molecule has 0 radical (unpaired) electrons. The maximum atomic E-state index is 13.8. The van der Waals surface area contributed by atoms with E-state index in [2.05, 4.69) is 43.5 Å². The van der Waals surface area contributed by atoms with Gasteiger partial charge in [-0.1, -0.05) is 41.1 Å². The molecule has 36 heavy (non-hydrogen) atoms. The van der Waals surface area contributed by atoms with Crippen LogP contribution in [0.5, 0.6) is 5.75 Å². The van der Waals surface area contributed by atoms with Gasteiger partial charge in [-0.25, -0.2) is 9.79 Å². The molecule has 0 N–H and O–H groups in total. The Morgan fingerprint density at radius 1 is 1.33 bits per heavy atom. The van der Waals surface area contributed by atoms with Crippen molar-refractivity contribution in [3.05, 3.63) is 91.5 Å². The molecular weight excluding hydrogens is 679 g/mol. The molecule has 1 aliphatic heterocycles. The molecule has 0 fully saturated rings. The molecule has 1 atom stereocenters. The number of allylic oxidation sites excluding steroid dienone is 1. The molecule has 0 amide bonds. The number of esters is 1. The summed E-state index contributed by atoms with van der Waals surface area (Å²) in [5.74, 6) is 0.245. The van der Waals surface area contributed by atoms with E-state index in [-0.39, 0.29) is 18.3 Å². The molecule has 10 heteroatoms. The van der Waals surface area contributed by atoms with Gasteiger partial charge in [0, 0.05) is 5.02 Å². The Labute approximate surface area is 239 Å². The third-order valence-corrected chi connectivity index (χ3v) is 8.11. The van der Waals surface area contributed by atoms with Gasteiger partial charge in [0.15, 0.2) is 4.80 Å². The number of ether oxygens (including phenoxy) is 2. The fourth-order valence-electron chi connectivity index (χ4n) is 3.95. The summed E-state index contributed by atoms with van der Waals surface area (Å²) < 4.78 is 15.0. The molecule has 0 saturated carbocycles. The maximum absolute atomic E-state index is 13.8. The zero-order valence-corrected chi connectivity index (χ0v) is 25.3. The number of carbonyl (C=O) groups excluding carboxylic acids is 1. The first-order valence-corrected chi connectivity index (χ1v) is 14.3. The van der Waals surface area contributed by atoms with Gasteiger partial charge in [0.05, 0.1) is 36.6 Å². The first-order chi connectivity index (χ1) is 17.1. The van der Waals surface area contributed by atoms with Crippen LogP contribution in [0.15, 0.2) is 61.9 Å². The molecule has 0 spiro atoms. The quantitative estimate of drug-likeness (QED) is 0.248. The van der Waals surface area contributed by atoms with Gasteiger partial charge >= 0.3 is 5.97 Å². The number of nitrogens with zero attached hydrogens (tertiary/aromatic N) is 2. The van der Waals surface area contributed by atoms with Crippen molar-refractivity contribution in [3.63, 3.8) is 0 Å². The number of aromatic nitrogens is 1. The van der Waals surface area contributed by atoms with Gasteiger partial charge in [-0.2, -0.15) is 0 Å². The Morgan fingerprint density at radius 2 is 2.06 bits per heavy atom. The second-order valence-electron chi connectivity index (χ2n) is 8.30. The molecule has 1 aromatic heterocycles. The normalized spacial score (nSPS) is 15.7. The van der Waals surface area contributed by atoms with E-state index in [0.717, 1.165) is 19.4 Å². The van der Waals surface area contributed by atoms with Crippen LogP contribution in [0.2, 0.25) is 5.02 Å². The zero-order chi connectivity index (χ0) is 26.1. The molecule has 2 heterocycles. The van der Waals surface area contributed by atoms with E-state index in [1.807, 2.05) is 50.3 Å². The molecule has 1 aliphatic rings. The molecule has 0 aliphatic carbocycles. The Kier molecular flexibility index (Phi) is 8.43. The van der Waals surface area contributed by atoms with Crippen molar-refractivity contribution in [2.75, 3.05) is 6.61 Å². The number of thiazole rings is 1. The number of carbonyl (C=O) groups is 1. The molecule has 0 unspecified atom stereocenters. The highest BCUT2D eigenvalue weighted by Crippen LogP contribution is 2.35. The van der Waals surface area contributed by atoms with Gasteiger partial charge in [-0.3, -0.25) is 9.36 Å². The second kappa shape index (κ2) is 11.2. The van der Waals surface area contributed by atoms with Crippen LogP contribution in [-0.2, 0) is 9.53 Å². The van der Waals surface area contributed by atoms with Crippen molar-refractivity contribution in [2.24, 2.45) is 4.99 Å². The lowest BCUT2D eigenvalue weighted by atomic mass is 9.96. The lowest BCUT2D eigenvalue weighted by molar-refractivity contribution is -0.139. The van der Waals surface area contributed by atoms with Crippen LogP contribution in [0.1, 0.15) is 44.9 Å². The van der Waals surface area contributed by atoms with Crippen LogP contribution in [0.4, 0.5) is 0 Å². The Bertz CT molecular complexity index is 1540. The predicted molar refractivity (Wildman–Crippen MR) is 154 cm³/mol. The van der Waals surface area contributed by atoms with Crippen molar-refractivity contribution in [1.82, 2.24) is 4.57 Å². The first kappa shape index (κ1) is 27.1. The molecular formula is C26H23BrClIN2O4S. The summed E-state index contributed by atoms with van der Waals surface area (Å²) in [4.78, 5) is 31.8. The number of halogens is 3. The summed E-state index contributed by atoms with van der Waals surface area (Å²) in [7, 11) is 0. The van der Waals surface area contributed by atoms with E-state index in [1.165, 1.54) is 15.9 Å². The molecule has 0 bridgehead atoms. The lowest BCUT2D eigenvalue weighted by Gasteiger charge is -2.25. The highest BCUT2D eigenvalue weighted by molar-refractivity contribution is 14.1. The van der Waals surface area contributed by atoms with Crippen molar-refractivity contribution < 1.29 is 14.3 Å². The number of rotatable bonds is 6. The van der Waals surface area contributed by atoms with Crippen LogP contribution in [0.3, 0.4) is 0 Å². The highest BCUT2D eigenvalue weighted by atomic mass is 127. The van der Waals surface area contributed by atoms with E-state index in [0.29, 0.717) is 31.2 Å². The van der Waals surface area contributed by atoms with Crippen LogP contribution < -0.4 is 19.6 Å². The number of fused-ring (bicyclic) bond motifs is 1. The third-order valence-electron chi connectivity index (χ3n) is 5.39. The van der Waals surface area contributed by atoms with Crippen LogP contribution in [0.25, 0.3) is 6.08 Å². The maximum Gasteiger partial charge on any atom is 0.338 e. The minimum atomic E-state index is -0.746. The van der Waals surface area contributed by atoms with E-state index in [4.69, 9.17) is 21.1 Å². The summed E-state index contributed by atoms with van der Waals surface area (Å²) >= 11 is 13.6. The van der Waals surface area contributed by atoms with Crippen molar-refractivity contribution in [2.45, 2.75) is 39.8 Å². The average molecular weight is 702 g/mol. The number of hydrogen-bond donors (Lipinski definition) is 0. The third kappa shape index (κ3) is 5.34. The molecule has 0 saturated heterocycles. The van der Waals surface area contributed by atoms with Gasteiger partial charge in [-0.05, 0) is 102 Å². The van der Waals surface area contributed by atoms with Crippen LogP contribution in [-0.4, -0.2) is 23.2 Å². The lowest BCUT2D eigenvalue weighted by Crippen LogP contribution is -2.40. The zero-order valence-electron chi connectivity index (χ0n) is 20.0. The Hall–Kier alpha value is -1.95. The average Bonchev–Trinajstić information content (AvgIpc) is 3.10. The number of benzene rings is 2. The largest absolute Gasteiger partial charge is 0.489 e. The van der Waals surface area contributed by atoms with Crippen molar-refractivity contribution in [1.29, 1.82) is 0 Å². The van der Waals surface area contributed by atoms with Gasteiger partial charge in [0.2, 0.25) is 0 Å². The summed E-state index contributed by atoms with van der Waals surface area (Å²) in [5.41, 5.74) is 2.02. The summed E-state index contributed by atoms with van der Waals surface area (Å²) in [6.07, 6.45) is 1.86. The van der Waals surface area contributed by atoms with Crippen molar-refractivity contribution >= 4 is 73.5 Å². The fourth-order valence-corrected chi connectivity index (χ4v) is 6.95. The van der Waals surface area contributed by atoms with Crippen LogP contribution in [0, 0.1) is 3.57 Å². The Balaban J connectivity index is 1.92. The molecule has 4 rings (SSSR count). The minimum absolute atomic E-state index is 0.0333. The van der Waals surface area contributed by atoms with Gasteiger partial charge in [0.25, 0.3) is 5.56 Å². The SMILES string of the molecule is CCOC(=O)C1=C(C)N=c2s/c(=C\c3cc(Br)c(OC(C)C)c(I)c3)c(=O)n2[C@H]1c1ccccc1Cl. The molecule has 2 aromatic carbocycles. The molecule has 3 aromatic rings. The second-order valence-corrected chi connectivity index (χ2v) is 11.7. The Morgan fingerprint density at radius 3 is 2.69 bits per heavy atom. The minimum Gasteiger partial charge on any atom is -0.489 e. The fraction of sp³-hybridized carbons (Fsp3) is 0.269. The van der Waals surface area contributed by atoms with Crippen molar-refractivity contribution in [3.8, 4) is 5.75 Å². The van der Waals surface area contributed by atoms with Crippen LogP contribution >= 0.6 is 61.5 Å². The summed E-state index contributed by atoms with van der Waals surface area (Å²) in [5, 5.41) is 0.452. The smallest absolute Gasteiger partial charge is 0.338 e. The summed E-state index contributed by atoms with van der Waals surface area (Å²) in [6.45, 7) is 7.64.